The summed E-state index contributed by atoms with van der Waals surface area (Å²) >= 11 is 1.53. The van der Waals surface area contributed by atoms with Crippen LogP contribution in [0.2, 0.25) is 0 Å². The minimum atomic E-state index is -0.186. The molecule has 1 aliphatic carbocycles. The summed E-state index contributed by atoms with van der Waals surface area (Å²) in [5, 5.41) is 3.09. The number of nitrogens with one attached hydrogen (secondary N) is 1. The fourth-order valence-corrected chi connectivity index (χ4v) is 4.22. The van der Waals surface area contributed by atoms with Crippen molar-refractivity contribution in [1.82, 2.24) is 5.32 Å². The molecule has 1 aromatic rings. The number of hydrogen-bond donors (Lipinski definition) is 2. The Labute approximate surface area is 134 Å². The van der Waals surface area contributed by atoms with E-state index in [1.165, 1.54) is 17.8 Å². The molecule has 3 rings (SSSR count). The van der Waals surface area contributed by atoms with Gasteiger partial charge >= 0.3 is 0 Å². The van der Waals surface area contributed by atoms with Gasteiger partial charge < -0.3 is 11.1 Å². The van der Waals surface area contributed by atoms with Gasteiger partial charge in [0.15, 0.2) is 0 Å². The molecule has 3 unspecified atom stereocenters. The first-order valence-corrected chi connectivity index (χ1v) is 8.11. The second-order valence-corrected chi connectivity index (χ2v) is 6.73. The van der Waals surface area contributed by atoms with E-state index in [1.54, 1.807) is 6.07 Å². The van der Waals surface area contributed by atoms with E-state index in [0.29, 0.717) is 4.90 Å². The van der Waals surface area contributed by atoms with E-state index >= 15 is 0 Å². The highest BCUT2D eigenvalue weighted by molar-refractivity contribution is 7.99. The Bertz CT molecular complexity index is 528. The summed E-state index contributed by atoms with van der Waals surface area (Å²) in [6, 6.07) is 5.19. The standard InChI is InChI=1S/C15H19FN2OS.ClH/c16-12-3-1-2-11-13(6-7-20-14(11)12)18-15(19)9-4-5-10(17)8-9;/h1-3,9-10,13H,4-8,17H2,(H,18,19);1H. The molecule has 21 heavy (non-hydrogen) atoms. The molecule has 3 nitrogen and oxygen atoms in total. The molecular weight excluding hydrogens is 311 g/mol. The summed E-state index contributed by atoms with van der Waals surface area (Å²) in [6.45, 7) is 0. The molecule has 2 aliphatic rings. The lowest BCUT2D eigenvalue weighted by Crippen LogP contribution is -2.35. The van der Waals surface area contributed by atoms with Crippen molar-refractivity contribution in [3.05, 3.63) is 29.6 Å². The van der Waals surface area contributed by atoms with E-state index in [1.807, 2.05) is 6.07 Å². The smallest absolute Gasteiger partial charge is 0.223 e. The number of benzene rings is 1. The summed E-state index contributed by atoms with van der Waals surface area (Å²) in [5.74, 6) is 0.749. The SMILES string of the molecule is Cl.NC1CCC(C(=O)NC2CCSc3c(F)cccc32)C1. The van der Waals surface area contributed by atoms with Gasteiger partial charge in [-0.3, -0.25) is 4.79 Å². The van der Waals surface area contributed by atoms with Gasteiger partial charge in [-0.2, -0.15) is 0 Å². The molecule has 1 saturated carbocycles. The van der Waals surface area contributed by atoms with Gasteiger partial charge in [0.2, 0.25) is 5.91 Å². The summed E-state index contributed by atoms with van der Waals surface area (Å²) in [4.78, 5) is 13.0. The van der Waals surface area contributed by atoms with Gasteiger partial charge in [-0.15, -0.1) is 24.2 Å². The highest BCUT2D eigenvalue weighted by Crippen LogP contribution is 2.38. The van der Waals surface area contributed by atoms with E-state index in [-0.39, 0.29) is 42.1 Å². The number of carbonyl (C=O) groups excluding carboxylic acids is 1. The molecule has 1 aromatic carbocycles. The minimum Gasteiger partial charge on any atom is -0.349 e. The number of hydrogen-bond acceptors (Lipinski definition) is 3. The molecular formula is C15H20ClFN2OS. The highest BCUT2D eigenvalue weighted by Gasteiger charge is 2.31. The fourth-order valence-electron chi connectivity index (χ4n) is 3.08. The maximum atomic E-state index is 13.8. The summed E-state index contributed by atoms with van der Waals surface area (Å²) in [6.07, 6.45) is 3.41. The quantitative estimate of drug-likeness (QED) is 0.876. The Morgan fingerprint density at radius 1 is 1.33 bits per heavy atom. The maximum absolute atomic E-state index is 13.8. The topological polar surface area (TPSA) is 55.1 Å². The molecule has 0 saturated heterocycles. The number of carbonyl (C=O) groups is 1. The predicted octanol–water partition coefficient (Wildman–Crippen LogP) is 3.03. The molecule has 3 atom stereocenters. The van der Waals surface area contributed by atoms with Crippen LogP contribution in [0.4, 0.5) is 4.39 Å². The fraction of sp³-hybridized carbons (Fsp3) is 0.533. The van der Waals surface area contributed by atoms with Crippen LogP contribution in [-0.4, -0.2) is 17.7 Å². The molecule has 0 radical (unpaired) electrons. The first-order valence-electron chi connectivity index (χ1n) is 7.12. The molecule has 1 aliphatic heterocycles. The van der Waals surface area contributed by atoms with Crippen molar-refractivity contribution in [3.63, 3.8) is 0 Å². The predicted molar refractivity (Wildman–Crippen MR) is 85.2 cm³/mol. The zero-order valence-electron chi connectivity index (χ0n) is 11.7. The van der Waals surface area contributed by atoms with Crippen LogP contribution in [-0.2, 0) is 4.79 Å². The number of halogens is 2. The molecule has 3 N–H and O–H groups in total. The molecule has 0 aromatic heterocycles. The normalized spacial score (nSPS) is 27.6. The van der Waals surface area contributed by atoms with Crippen molar-refractivity contribution < 1.29 is 9.18 Å². The molecule has 1 fully saturated rings. The van der Waals surface area contributed by atoms with Gasteiger partial charge in [0.05, 0.1) is 6.04 Å². The second-order valence-electron chi connectivity index (χ2n) is 5.63. The van der Waals surface area contributed by atoms with Gasteiger partial charge in [-0.05, 0) is 37.3 Å². The third-order valence-corrected chi connectivity index (χ3v) is 5.35. The molecule has 1 amide bonds. The van der Waals surface area contributed by atoms with Crippen LogP contribution >= 0.6 is 24.2 Å². The van der Waals surface area contributed by atoms with Gasteiger partial charge in [0.1, 0.15) is 5.82 Å². The first kappa shape index (κ1) is 16.6. The van der Waals surface area contributed by atoms with E-state index in [2.05, 4.69) is 5.32 Å². The largest absolute Gasteiger partial charge is 0.349 e. The van der Waals surface area contributed by atoms with E-state index in [4.69, 9.17) is 5.73 Å². The third kappa shape index (κ3) is 3.52. The zero-order chi connectivity index (χ0) is 14.1. The van der Waals surface area contributed by atoms with Crippen LogP contribution in [0.5, 0.6) is 0 Å². The average molecular weight is 331 g/mol. The Morgan fingerprint density at radius 3 is 2.86 bits per heavy atom. The third-order valence-electron chi connectivity index (χ3n) is 4.19. The van der Waals surface area contributed by atoms with Crippen LogP contribution in [0, 0.1) is 11.7 Å². The van der Waals surface area contributed by atoms with Crippen molar-refractivity contribution in [2.45, 2.75) is 42.7 Å². The molecule has 6 heteroatoms. The number of fused-ring (bicyclic) bond motifs is 1. The van der Waals surface area contributed by atoms with Crippen LogP contribution in [0.15, 0.2) is 23.1 Å². The average Bonchev–Trinajstić information content (AvgIpc) is 2.87. The first-order chi connectivity index (χ1) is 9.65. The molecule has 116 valence electrons. The summed E-state index contributed by atoms with van der Waals surface area (Å²) in [5.41, 5.74) is 6.77. The van der Waals surface area contributed by atoms with Crippen LogP contribution in [0.25, 0.3) is 0 Å². The van der Waals surface area contributed by atoms with E-state index < -0.39 is 0 Å². The number of rotatable bonds is 2. The van der Waals surface area contributed by atoms with Crippen LogP contribution in [0.1, 0.15) is 37.3 Å². The molecule has 1 heterocycles. The van der Waals surface area contributed by atoms with E-state index in [0.717, 1.165) is 37.0 Å². The summed E-state index contributed by atoms with van der Waals surface area (Å²) < 4.78 is 13.8. The van der Waals surface area contributed by atoms with Crippen molar-refractivity contribution in [2.24, 2.45) is 11.7 Å². The zero-order valence-corrected chi connectivity index (χ0v) is 13.3. The number of thioether (sulfide) groups is 1. The van der Waals surface area contributed by atoms with Crippen molar-refractivity contribution >= 4 is 30.1 Å². The van der Waals surface area contributed by atoms with Crippen LogP contribution < -0.4 is 11.1 Å². The van der Waals surface area contributed by atoms with Gasteiger partial charge in [0.25, 0.3) is 0 Å². The Hall–Kier alpha value is -0.780. The molecule has 0 spiro atoms. The second kappa shape index (κ2) is 6.99. The minimum absolute atomic E-state index is 0. The number of amides is 1. The number of nitrogens with two attached hydrogens (primary N) is 1. The Balaban J connectivity index is 0.00000161. The van der Waals surface area contributed by atoms with Crippen molar-refractivity contribution in [1.29, 1.82) is 0 Å². The lowest BCUT2D eigenvalue weighted by molar-refractivity contribution is -0.125. The van der Waals surface area contributed by atoms with Gasteiger partial charge in [0, 0.05) is 22.6 Å². The Morgan fingerprint density at radius 2 is 2.14 bits per heavy atom. The van der Waals surface area contributed by atoms with Crippen molar-refractivity contribution in [2.75, 3.05) is 5.75 Å². The lowest BCUT2D eigenvalue weighted by Gasteiger charge is -2.27. The van der Waals surface area contributed by atoms with E-state index in [9.17, 15) is 9.18 Å². The van der Waals surface area contributed by atoms with Gasteiger partial charge in [-0.25, -0.2) is 4.39 Å². The lowest BCUT2D eigenvalue weighted by atomic mass is 10.0. The highest BCUT2D eigenvalue weighted by atomic mass is 35.5. The van der Waals surface area contributed by atoms with Crippen LogP contribution in [0.3, 0.4) is 0 Å². The molecule has 0 bridgehead atoms. The van der Waals surface area contributed by atoms with Crippen molar-refractivity contribution in [3.8, 4) is 0 Å². The maximum Gasteiger partial charge on any atom is 0.223 e. The monoisotopic (exact) mass is 330 g/mol. The Kier molecular flexibility index (Phi) is 5.52. The summed E-state index contributed by atoms with van der Waals surface area (Å²) in [7, 11) is 0. The van der Waals surface area contributed by atoms with Gasteiger partial charge in [-0.1, -0.05) is 12.1 Å².